The fourth-order valence-electron chi connectivity index (χ4n) is 2.82. The van der Waals surface area contributed by atoms with Crippen molar-refractivity contribution in [3.05, 3.63) is 67.3 Å². The van der Waals surface area contributed by atoms with Crippen LogP contribution in [0.2, 0.25) is 0 Å². The standard InChI is InChI=1S/C24H30N2O3/c1-5-6-8-16-21(26-23(28)29-24(2,3)4)22(27)25-20-15-11-14-19(17-20)18-12-9-7-10-13-18/h5,7,9-15,17,21H,1,6,8,16H2,2-4H3,(H,25,27)(H,26,28). The molecule has 2 aromatic rings. The minimum absolute atomic E-state index is 0.273. The number of carbonyl (C=O) groups excluding carboxylic acids is 2. The molecule has 0 saturated carbocycles. The largest absolute Gasteiger partial charge is 0.444 e. The van der Waals surface area contributed by atoms with Gasteiger partial charge in [0, 0.05) is 5.69 Å². The lowest BCUT2D eigenvalue weighted by Gasteiger charge is -2.23. The van der Waals surface area contributed by atoms with Crippen molar-refractivity contribution in [1.82, 2.24) is 5.32 Å². The van der Waals surface area contributed by atoms with E-state index in [0.29, 0.717) is 12.1 Å². The van der Waals surface area contributed by atoms with Crippen LogP contribution in [0.5, 0.6) is 0 Å². The lowest BCUT2D eigenvalue weighted by atomic mass is 10.0. The number of nitrogens with one attached hydrogen (secondary N) is 2. The molecule has 0 fully saturated rings. The predicted molar refractivity (Wildman–Crippen MR) is 118 cm³/mol. The number of anilines is 1. The average Bonchev–Trinajstić information content (AvgIpc) is 2.67. The molecule has 2 amide bonds. The van der Waals surface area contributed by atoms with Gasteiger partial charge in [-0.25, -0.2) is 4.79 Å². The highest BCUT2D eigenvalue weighted by Crippen LogP contribution is 2.22. The summed E-state index contributed by atoms with van der Waals surface area (Å²) in [7, 11) is 0. The van der Waals surface area contributed by atoms with Crippen LogP contribution >= 0.6 is 0 Å². The van der Waals surface area contributed by atoms with Gasteiger partial charge in [0.2, 0.25) is 5.91 Å². The van der Waals surface area contributed by atoms with Gasteiger partial charge in [-0.1, -0.05) is 48.5 Å². The third-order valence-electron chi connectivity index (χ3n) is 4.15. The third kappa shape index (κ3) is 7.82. The zero-order chi connectivity index (χ0) is 21.3. The van der Waals surface area contributed by atoms with Crippen molar-refractivity contribution in [2.24, 2.45) is 0 Å². The molecule has 2 N–H and O–H groups in total. The van der Waals surface area contributed by atoms with E-state index in [4.69, 9.17) is 4.74 Å². The molecule has 5 heteroatoms. The summed E-state index contributed by atoms with van der Waals surface area (Å²) >= 11 is 0. The van der Waals surface area contributed by atoms with Gasteiger partial charge in [-0.05, 0) is 63.3 Å². The summed E-state index contributed by atoms with van der Waals surface area (Å²) in [5.74, 6) is -0.273. The molecular weight excluding hydrogens is 364 g/mol. The number of ether oxygens (including phenoxy) is 1. The molecule has 2 rings (SSSR count). The van der Waals surface area contributed by atoms with Gasteiger partial charge in [-0.2, -0.15) is 0 Å². The van der Waals surface area contributed by atoms with Gasteiger partial charge in [0.15, 0.2) is 0 Å². The molecule has 2 aromatic carbocycles. The Bertz CT molecular complexity index is 826. The maximum absolute atomic E-state index is 12.8. The van der Waals surface area contributed by atoms with Gasteiger partial charge in [0.1, 0.15) is 11.6 Å². The van der Waals surface area contributed by atoms with E-state index >= 15 is 0 Å². The van der Waals surface area contributed by atoms with E-state index in [2.05, 4.69) is 17.2 Å². The first kappa shape index (κ1) is 22.2. The van der Waals surface area contributed by atoms with Gasteiger partial charge < -0.3 is 15.4 Å². The van der Waals surface area contributed by atoms with Crippen LogP contribution in [0.3, 0.4) is 0 Å². The summed E-state index contributed by atoms with van der Waals surface area (Å²) in [4.78, 5) is 25.0. The van der Waals surface area contributed by atoms with Crippen LogP contribution in [-0.4, -0.2) is 23.6 Å². The van der Waals surface area contributed by atoms with E-state index in [1.165, 1.54) is 0 Å². The van der Waals surface area contributed by atoms with Crippen LogP contribution in [0, 0.1) is 0 Å². The summed E-state index contributed by atoms with van der Waals surface area (Å²) in [5.41, 5.74) is 2.12. The van der Waals surface area contributed by atoms with Crippen molar-refractivity contribution in [2.45, 2.75) is 51.7 Å². The summed E-state index contributed by atoms with van der Waals surface area (Å²) in [6.45, 7) is 9.06. The minimum atomic E-state index is -0.690. The second kappa shape index (κ2) is 10.5. The van der Waals surface area contributed by atoms with Gasteiger partial charge in [-0.15, -0.1) is 6.58 Å². The predicted octanol–water partition coefficient (Wildman–Crippen LogP) is 5.54. The zero-order valence-corrected chi connectivity index (χ0v) is 17.4. The molecule has 0 radical (unpaired) electrons. The number of alkyl carbamates (subject to hydrolysis) is 1. The Morgan fingerprint density at radius 3 is 2.41 bits per heavy atom. The molecule has 1 atom stereocenters. The summed E-state index contributed by atoms with van der Waals surface area (Å²) in [6, 6.07) is 16.9. The molecule has 0 spiro atoms. The molecule has 0 aromatic heterocycles. The van der Waals surface area contributed by atoms with Crippen LogP contribution in [0.1, 0.15) is 40.0 Å². The number of hydrogen-bond acceptors (Lipinski definition) is 3. The van der Waals surface area contributed by atoms with Crippen LogP contribution in [-0.2, 0) is 9.53 Å². The first-order chi connectivity index (χ1) is 13.8. The molecule has 1 unspecified atom stereocenters. The fraction of sp³-hybridized carbons (Fsp3) is 0.333. The van der Waals surface area contributed by atoms with Gasteiger partial charge >= 0.3 is 6.09 Å². The number of carbonyl (C=O) groups is 2. The lowest BCUT2D eigenvalue weighted by molar-refractivity contribution is -0.118. The molecule has 0 aliphatic heterocycles. The molecular formula is C24H30N2O3. The molecule has 5 nitrogen and oxygen atoms in total. The molecule has 0 aliphatic rings. The first-order valence-electron chi connectivity index (χ1n) is 9.85. The Hall–Kier alpha value is -3.08. The number of hydrogen-bond donors (Lipinski definition) is 2. The average molecular weight is 395 g/mol. The number of amides is 2. The van der Waals surface area contributed by atoms with Gasteiger partial charge in [0.05, 0.1) is 0 Å². The van der Waals surface area contributed by atoms with Gasteiger partial charge in [-0.3, -0.25) is 4.79 Å². The Kier molecular flexibility index (Phi) is 8.01. The van der Waals surface area contributed by atoms with Crippen molar-refractivity contribution in [3.63, 3.8) is 0 Å². The second-order valence-corrected chi connectivity index (χ2v) is 7.85. The monoisotopic (exact) mass is 394 g/mol. The van der Waals surface area contributed by atoms with Crippen molar-refractivity contribution in [1.29, 1.82) is 0 Å². The Morgan fingerprint density at radius 2 is 1.76 bits per heavy atom. The third-order valence-corrected chi connectivity index (χ3v) is 4.15. The normalized spacial score (nSPS) is 12.0. The van der Waals surface area contributed by atoms with E-state index < -0.39 is 17.7 Å². The molecule has 29 heavy (non-hydrogen) atoms. The number of benzene rings is 2. The quantitative estimate of drug-likeness (QED) is 0.456. The highest BCUT2D eigenvalue weighted by atomic mass is 16.6. The Labute approximate surface area is 173 Å². The summed E-state index contributed by atoms with van der Waals surface area (Å²) < 4.78 is 5.30. The minimum Gasteiger partial charge on any atom is -0.444 e. The van der Waals surface area contributed by atoms with Crippen LogP contribution in [0.15, 0.2) is 67.3 Å². The van der Waals surface area contributed by atoms with E-state index in [9.17, 15) is 9.59 Å². The van der Waals surface area contributed by atoms with Crippen LogP contribution in [0.4, 0.5) is 10.5 Å². The van der Waals surface area contributed by atoms with Crippen molar-refractivity contribution in [2.75, 3.05) is 5.32 Å². The summed E-state index contributed by atoms with van der Waals surface area (Å²) in [6.07, 6.45) is 3.20. The topological polar surface area (TPSA) is 67.4 Å². The Balaban J connectivity index is 2.10. The fourth-order valence-corrected chi connectivity index (χ4v) is 2.82. The number of allylic oxidation sites excluding steroid dienone is 1. The molecule has 154 valence electrons. The molecule has 0 aliphatic carbocycles. The maximum Gasteiger partial charge on any atom is 0.408 e. The summed E-state index contributed by atoms with van der Waals surface area (Å²) in [5, 5.41) is 5.60. The first-order valence-corrected chi connectivity index (χ1v) is 9.85. The van der Waals surface area contributed by atoms with Crippen LogP contribution in [0.25, 0.3) is 11.1 Å². The van der Waals surface area contributed by atoms with Crippen molar-refractivity contribution in [3.8, 4) is 11.1 Å². The molecule has 0 saturated heterocycles. The Morgan fingerprint density at radius 1 is 1.07 bits per heavy atom. The van der Waals surface area contributed by atoms with E-state index in [1.807, 2.05) is 54.6 Å². The van der Waals surface area contributed by atoms with E-state index in [1.54, 1.807) is 26.8 Å². The smallest absolute Gasteiger partial charge is 0.408 e. The second-order valence-electron chi connectivity index (χ2n) is 7.85. The zero-order valence-electron chi connectivity index (χ0n) is 17.4. The molecule has 0 bridgehead atoms. The van der Waals surface area contributed by atoms with E-state index in [0.717, 1.165) is 24.0 Å². The van der Waals surface area contributed by atoms with E-state index in [-0.39, 0.29) is 5.91 Å². The van der Waals surface area contributed by atoms with Gasteiger partial charge in [0.25, 0.3) is 0 Å². The number of unbranched alkanes of at least 4 members (excludes halogenated alkanes) is 1. The SMILES string of the molecule is C=CCCCC(NC(=O)OC(C)(C)C)C(=O)Nc1cccc(-c2ccccc2)c1. The lowest BCUT2D eigenvalue weighted by Crippen LogP contribution is -2.45. The number of rotatable bonds is 8. The highest BCUT2D eigenvalue weighted by Gasteiger charge is 2.24. The van der Waals surface area contributed by atoms with Crippen molar-refractivity contribution < 1.29 is 14.3 Å². The highest BCUT2D eigenvalue weighted by molar-refractivity contribution is 5.97. The maximum atomic E-state index is 12.8. The van der Waals surface area contributed by atoms with Crippen molar-refractivity contribution >= 4 is 17.7 Å². The van der Waals surface area contributed by atoms with Crippen LogP contribution < -0.4 is 10.6 Å². The molecule has 0 heterocycles.